The van der Waals surface area contributed by atoms with E-state index in [0.717, 1.165) is 18.9 Å². The number of carbonyl (C=O) groups is 1. The van der Waals surface area contributed by atoms with Gasteiger partial charge in [-0.05, 0) is 18.9 Å². The summed E-state index contributed by atoms with van der Waals surface area (Å²) >= 11 is 11.6. The highest BCUT2D eigenvalue weighted by Gasteiger charge is 2.27. The summed E-state index contributed by atoms with van der Waals surface area (Å²) in [6.45, 7) is 0.842. The molecule has 1 aromatic rings. The number of amides is 1. The van der Waals surface area contributed by atoms with Crippen LogP contribution in [0.4, 0.5) is 5.69 Å². The fourth-order valence-corrected chi connectivity index (χ4v) is 2.67. The molecule has 0 saturated carbocycles. The summed E-state index contributed by atoms with van der Waals surface area (Å²) in [5.41, 5.74) is -0.295. The molecular formula is C13H11Cl2N3O3. The molecule has 1 amide bonds. The SMILES string of the molecule is N#CC1CCCN(C(=O)c2cc(Cl)c(Cl)c([N+](=O)[O-])c2)C1. The number of hydrogen-bond donors (Lipinski definition) is 0. The zero-order valence-electron chi connectivity index (χ0n) is 10.9. The van der Waals surface area contributed by atoms with Crippen LogP contribution in [-0.4, -0.2) is 28.8 Å². The minimum absolute atomic E-state index is 0.0388. The summed E-state index contributed by atoms with van der Waals surface area (Å²) in [5, 5.41) is 19.6. The van der Waals surface area contributed by atoms with Crippen molar-refractivity contribution >= 4 is 34.8 Å². The van der Waals surface area contributed by atoms with Gasteiger partial charge in [0.15, 0.2) is 0 Å². The van der Waals surface area contributed by atoms with E-state index in [0.29, 0.717) is 13.1 Å². The molecule has 1 unspecified atom stereocenters. The van der Waals surface area contributed by atoms with Crippen molar-refractivity contribution in [2.75, 3.05) is 13.1 Å². The molecule has 110 valence electrons. The van der Waals surface area contributed by atoms with Crippen molar-refractivity contribution in [3.8, 4) is 6.07 Å². The number of hydrogen-bond acceptors (Lipinski definition) is 4. The molecule has 0 bridgehead atoms. The second-order valence-electron chi connectivity index (χ2n) is 4.77. The van der Waals surface area contributed by atoms with Gasteiger partial charge in [-0.15, -0.1) is 0 Å². The van der Waals surface area contributed by atoms with Crippen molar-refractivity contribution in [1.29, 1.82) is 5.26 Å². The van der Waals surface area contributed by atoms with Gasteiger partial charge in [-0.2, -0.15) is 5.26 Å². The third kappa shape index (κ3) is 3.26. The lowest BCUT2D eigenvalue weighted by molar-refractivity contribution is -0.384. The Bertz CT molecular complexity index is 642. The Morgan fingerprint density at radius 3 is 2.81 bits per heavy atom. The molecule has 0 aliphatic carbocycles. The quantitative estimate of drug-likeness (QED) is 0.616. The Balaban J connectivity index is 2.31. The highest BCUT2D eigenvalue weighted by Crippen LogP contribution is 2.33. The molecule has 0 radical (unpaired) electrons. The molecular weight excluding hydrogens is 317 g/mol. The second kappa shape index (κ2) is 6.29. The van der Waals surface area contributed by atoms with Crippen LogP contribution in [0.1, 0.15) is 23.2 Å². The predicted molar refractivity (Wildman–Crippen MR) is 77.4 cm³/mol. The van der Waals surface area contributed by atoms with Gasteiger partial charge in [0.25, 0.3) is 11.6 Å². The number of likely N-dealkylation sites (tertiary alicyclic amines) is 1. The first-order chi connectivity index (χ1) is 9.93. The average molecular weight is 328 g/mol. The van der Waals surface area contributed by atoms with Crippen molar-refractivity contribution in [3.05, 3.63) is 37.9 Å². The second-order valence-corrected chi connectivity index (χ2v) is 5.55. The van der Waals surface area contributed by atoms with Crippen LogP contribution in [0.5, 0.6) is 0 Å². The van der Waals surface area contributed by atoms with E-state index in [1.807, 2.05) is 0 Å². The number of nitrogens with zero attached hydrogens (tertiary/aromatic N) is 3. The third-order valence-corrected chi connectivity index (χ3v) is 4.14. The molecule has 6 nitrogen and oxygen atoms in total. The Morgan fingerprint density at radius 1 is 1.48 bits per heavy atom. The Labute approximate surface area is 131 Å². The van der Waals surface area contributed by atoms with E-state index in [4.69, 9.17) is 28.5 Å². The van der Waals surface area contributed by atoms with Crippen molar-refractivity contribution in [3.63, 3.8) is 0 Å². The van der Waals surface area contributed by atoms with Crippen LogP contribution >= 0.6 is 23.2 Å². The van der Waals surface area contributed by atoms with Crippen LogP contribution in [0.15, 0.2) is 12.1 Å². The molecule has 1 atom stereocenters. The lowest BCUT2D eigenvalue weighted by atomic mass is 9.99. The normalized spacial score (nSPS) is 18.1. The largest absolute Gasteiger partial charge is 0.337 e. The predicted octanol–water partition coefficient (Wildman–Crippen LogP) is 3.28. The topological polar surface area (TPSA) is 87.2 Å². The minimum atomic E-state index is -0.681. The van der Waals surface area contributed by atoms with Gasteiger partial charge in [-0.3, -0.25) is 14.9 Å². The molecule has 1 fully saturated rings. The number of nitro groups is 1. The molecule has 1 aliphatic rings. The molecule has 2 rings (SSSR count). The Morgan fingerprint density at radius 2 is 2.19 bits per heavy atom. The maximum absolute atomic E-state index is 12.4. The first-order valence-corrected chi connectivity index (χ1v) is 7.02. The Kier molecular flexibility index (Phi) is 4.66. The van der Waals surface area contributed by atoms with Crippen molar-refractivity contribution in [1.82, 2.24) is 4.90 Å². The van der Waals surface area contributed by atoms with Gasteiger partial charge in [0, 0.05) is 24.7 Å². The number of nitriles is 1. The number of carbonyl (C=O) groups excluding carboxylic acids is 1. The molecule has 0 spiro atoms. The first kappa shape index (κ1) is 15.5. The zero-order valence-corrected chi connectivity index (χ0v) is 12.4. The number of benzene rings is 1. The standard InChI is InChI=1S/C13H11Cl2N3O3/c14-10-4-9(5-11(12(10)15)18(20)21)13(19)17-3-1-2-8(6-16)7-17/h4-5,8H,1-3,7H2. The summed E-state index contributed by atoms with van der Waals surface area (Å²) < 4.78 is 0. The van der Waals surface area contributed by atoms with E-state index in [9.17, 15) is 14.9 Å². The molecule has 8 heteroatoms. The van der Waals surface area contributed by atoms with E-state index < -0.39 is 10.6 Å². The van der Waals surface area contributed by atoms with E-state index in [2.05, 4.69) is 6.07 Å². The summed E-state index contributed by atoms with van der Waals surface area (Å²) in [6, 6.07) is 4.57. The summed E-state index contributed by atoms with van der Waals surface area (Å²) in [6.07, 6.45) is 1.48. The maximum atomic E-state index is 12.4. The number of rotatable bonds is 2. The van der Waals surface area contributed by atoms with Crippen LogP contribution in [0.25, 0.3) is 0 Å². The molecule has 0 N–H and O–H groups in total. The first-order valence-electron chi connectivity index (χ1n) is 6.26. The number of nitro benzene ring substituents is 1. The van der Waals surface area contributed by atoms with E-state index in [1.54, 1.807) is 0 Å². The molecule has 1 heterocycles. The summed E-state index contributed by atoms with van der Waals surface area (Å²) in [4.78, 5) is 24.1. The monoisotopic (exact) mass is 327 g/mol. The van der Waals surface area contributed by atoms with Gasteiger partial charge in [0.1, 0.15) is 5.02 Å². The highest BCUT2D eigenvalue weighted by molar-refractivity contribution is 6.43. The van der Waals surface area contributed by atoms with Crippen molar-refractivity contribution in [2.45, 2.75) is 12.8 Å². The van der Waals surface area contributed by atoms with Crippen LogP contribution in [-0.2, 0) is 0 Å². The van der Waals surface area contributed by atoms with Gasteiger partial charge >= 0.3 is 0 Å². The van der Waals surface area contributed by atoms with Crippen LogP contribution in [0.2, 0.25) is 10.0 Å². The zero-order chi connectivity index (χ0) is 15.6. The molecule has 21 heavy (non-hydrogen) atoms. The molecule has 0 aromatic heterocycles. The molecule has 1 aromatic carbocycles. The van der Waals surface area contributed by atoms with Crippen LogP contribution < -0.4 is 0 Å². The molecule has 1 aliphatic heterocycles. The van der Waals surface area contributed by atoms with Crippen molar-refractivity contribution in [2.24, 2.45) is 5.92 Å². The van der Waals surface area contributed by atoms with E-state index in [-0.39, 0.29) is 27.4 Å². The smallest absolute Gasteiger partial charge is 0.290 e. The Hall–Kier alpha value is -1.84. The maximum Gasteiger partial charge on any atom is 0.290 e. The van der Waals surface area contributed by atoms with Gasteiger partial charge in [-0.1, -0.05) is 23.2 Å². The van der Waals surface area contributed by atoms with Crippen molar-refractivity contribution < 1.29 is 9.72 Å². The van der Waals surface area contributed by atoms with Gasteiger partial charge in [0.2, 0.25) is 0 Å². The average Bonchev–Trinajstić information content (AvgIpc) is 2.48. The fourth-order valence-electron chi connectivity index (χ4n) is 2.28. The number of halogens is 2. The highest BCUT2D eigenvalue weighted by atomic mass is 35.5. The van der Waals surface area contributed by atoms with E-state index in [1.165, 1.54) is 11.0 Å². The van der Waals surface area contributed by atoms with E-state index >= 15 is 0 Å². The molecule has 1 saturated heterocycles. The lowest BCUT2D eigenvalue weighted by Gasteiger charge is -2.29. The summed E-state index contributed by atoms with van der Waals surface area (Å²) in [7, 11) is 0. The lowest BCUT2D eigenvalue weighted by Crippen LogP contribution is -2.39. The third-order valence-electron chi connectivity index (χ3n) is 3.34. The minimum Gasteiger partial charge on any atom is -0.337 e. The van der Waals surface area contributed by atoms with Gasteiger partial charge in [-0.25, -0.2) is 0 Å². The van der Waals surface area contributed by atoms with Gasteiger partial charge in [0.05, 0.1) is 21.9 Å². The van der Waals surface area contributed by atoms with Crippen LogP contribution in [0.3, 0.4) is 0 Å². The number of piperidine rings is 1. The van der Waals surface area contributed by atoms with Gasteiger partial charge < -0.3 is 4.90 Å². The fraction of sp³-hybridized carbons (Fsp3) is 0.385. The summed E-state index contributed by atoms with van der Waals surface area (Å²) in [5.74, 6) is -0.586. The van der Waals surface area contributed by atoms with Crippen LogP contribution in [0, 0.1) is 27.4 Å².